The van der Waals surface area contributed by atoms with Crippen molar-refractivity contribution < 1.29 is 27.4 Å². The molecule has 1 aliphatic heterocycles. The van der Waals surface area contributed by atoms with Crippen molar-refractivity contribution in [3.63, 3.8) is 0 Å². The summed E-state index contributed by atoms with van der Waals surface area (Å²) in [5, 5.41) is 2.83. The van der Waals surface area contributed by atoms with Gasteiger partial charge in [-0.2, -0.15) is 13.2 Å². The van der Waals surface area contributed by atoms with Crippen LogP contribution in [0.5, 0.6) is 0 Å². The molecule has 2 unspecified atom stereocenters. The van der Waals surface area contributed by atoms with Gasteiger partial charge in [0, 0.05) is 0 Å². The predicted octanol–water partition coefficient (Wildman–Crippen LogP) is 2.95. The maximum atomic E-state index is 12.5. The molecule has 2 rings (SSSR count). The molecule has 1 heterocycles. The van der Waals surface area contributed by atoms with Gasteiger partial charge in [-0.1, -0.05) is 12.1 Å². The number of hydrogen-bond donors (Lipinski definition) is 1. The normalized spacial score (nSPS) is 22.3. The Kier molecular flexibility index (Phi) is 5.55. The van der Waals surface area contributed by atoms with Crippen LogP contribution in [0.2, 0.25) is 0 Å². The number of alkyl halides is 3. The van der Waals surface area contributed by atoms with Gasteiger partial charge in [0.25, 0.3) is 5.91 Å². The van der Waals surface area contributed by atoms with E-state index in [0.717, 1.165) is 12.1 Å². The van der Waals surface area contributed by atoms with E-state index in [0.29, 0.717) is 18.6 Å². The second kappa shape index (κ2) is 7.11. The van der Waals surface area contributed by atoms with Crippen molar-refractivity contribution in [2.24, 2.45) is 0 Å². The summed E-state index contributed by atoms with van der Waals surface area (Å²) in [4.78, 5) is 12.0. The number of ether oxygens (including phenoxy) is 2. The maximum Gasteiger partial charge on any atom is 0.416 e. The zero-order valence-electron chi connectivity index (χ0n) is 13.9. The average Bonchev–Trinajstić information content (AvgIpc) is 2.45. The monoisotopic (exact) mass is 345 g/mol. The number of rotatable bonds is 4. The van der Waals surface area contributed by atoms with Gasteiger partial charge in [-0.25, -0.2) is 0 Å². The number of carbonyl (C=O) groups excluding carboxylic acids is 1. The zero-order chi connectivity index (χ0) is 18.0. The van der Waals surface area contributed by atoms with Crippen LogP contribution in [0.1, 0.15) is 31.9 Å². The van der Waals surface area contributed by atoms with Gasteiger partial charge < -0.3 is 14.8 Å². The molecule has 0 radical (unpaired) electrons. The quantitative estimate of drug-likeness (QED) is 0.913. The van der Waals surface area contributed by atoms with Crippen molar-refractivity contribution in [1.29, 1.82) is 0 Å². The summed E-state index contributed by atoms with van der Waals surface area (Å²) in [7, 11) is 0. The molecule has 1 fully saturated rings. The molecule has 0 aliphatic carbocycles. The van der Waals surface area contributed by atoms with Gasteiger partial charge in [0.15, 0.2) is 6.10 Å². The molecular weight excluding hydrogens is 323 g/mol. The molecule has 0 saturated carbocycles. The molecule has 24 heavy (non-hydrogen) atoms. The van der Waals surface area contributed by atoms with E-state index in [2.05, 4.69) is 5.32 Å². The molecule has 1 aromatic carbocycles. The Hall–Kier alpha value is -1.60. The lowest BCUT2D eigenvalue weighted by atomic mass is 10.0. The van der Waals surface area contributed by atoms with Crippen LogP contribution in [0, 0.1) is 0 Å². The number of amides is 1. The van der Waals surface area contributed by atoms with E-state index in [1.807, 2.05) is 20.8 Å². The first-order valence-electron chi connectivity index (χ1n) is 7.77. The molecule has 0 bridgehead atoms. The van der Waals surface area contributed by atoms with Crippen LogP contribution in [0.3, 0.4) is 0 Å². The predicted molar refractivity (Wildman–Crippen MR) is 82.5 cm³/mol. The number of carbonyl (C=O) groups is 1. The Morgan fingerprint density at radius 1 is 1.21 bits per heavy atom. The second-order valence-corrected chi connectivity index (χ2v) is 6.85. The lowest BCUT2D eigenvalue weighted by molar-refractivity contribution is -0.150. The van der Waals surface area contributed by atoms with Gasteiger partial charge >= 0.3 is 6.18 Å². The van der Waals surface area contributed by atoms with E-state index < -0.39 is 17.8 Å². The summed E-state index contributed by atoms with van der Waals surface area (Å²) in [5.74, 6) is -0.262. The van der Waals surface area contributed by atoms with Crippen molar-refractivity contribution in [2.75, 3.05) is 13.2 Å². The van der Waals surface area contributed by atoms with E-state index in [1.54, 1.807) is 0 Å². The van der Waals surface area contributed by atoms with Crippen LogP contribution in [-0.4, -0.2) is 36.9 Å². The molecule has 0 spiro atoms. The van der Waals surface area contributed by atoms with Crippen LogP contribution >= 0.6 is 0 Å². The summed E-state index contributed by atoms with van der Waals surface area (Å²) >= 11 is 0. The van der Waals surface area contributed by atoms with Gasteiger partial charge in [0.05, 0.1) is 30.4 Å². The minimum Gasteiger partial charge on any atom is -0.373 e. The Balaban J connectivity index is 1.87. The Bertz CT molecular complexity index is 564. The number of hydrogen-bond acceptors (Lipinski definition) is 3. The van der Waals surface area contributed by atoms with Gasteiger partial charge in [0.1, 0.15) is 0 Å². The minimum absolute atomic E-state index is 0.169. The molecule has 1 aliphatic rings. The summed E-state index contributed by atoms with van der Waals surface area (Å²) in [6, 6.07) is 4.66. The van der Waals surface area contributed by atoms with Gasteiger partial charge in [0.2, 0.25) is 0 Å². The first-order valence-corrected chi connectivity index (χ1v) is 7.77. The van der Waals surface area contributed by atoms with E-state index in [4.69, 9.17) is 9.47 Å². The smallest absolute Gasteiger partial charge is 0.373 e. The molecule has 134 valence electrons. The molecule has 0 aromatic heterocycles. The Labute approximate surface area is 139 Å². The maximum absolute atomic E-state index is 12.5. The molecular formula is C17H22F3NO3. The highest BCUT2D eigenvalue weighted by molar-refractivity contribution is 5.81. The highest BCUT2D eigenvalue weighted by atomic mass is 19.4. The fraction of sp³-hybridized carbons (Fsp3) is 0.588. The Morgan fingerprint density at radius 3 is 2.33 bits per heavy atom. The molecule has 1 amide bonds. The summed E-state index contributed by atoms with van der Waals surface area (Å²) in [5.41, 5.74) is -0.336. The lowest BCUT2D eigenvalue weighted by Gasteiger charge is -2.31. The summed E-state index contributed by atoms with van der Waals surface area (Å²) < 4.78 is 48.7. The molecule has 1 N–H and O–H groups in total. The number of benzene rings is 1. The number of halogens is 3. The second-order valence-electron chi connectivity index (χ2n) is 6.85. The van der Waals surface area contributed by atoms with Crippen molar-refractivity contribution >= 4 is 5.91 Å². The zero-order valence-corrected chi connectivity index (χ0v) is 13.9. The fourth-order valence-corrected chi connectivity index (χ4v) is 2.32. The Morgan fingerprint density at radius 2 is 1.83 bits per heavy atom. The largest absolute Gasteiger partial charge is 0.416 e. The third kappa shape index (κ3) is 5.49. The molecule has 7 heteroatoms. The van der Waals surface area contributed by atoms with Crippen molar-refractivity contribution in [3.8, 4) is 0 Å². The van der Waals surface area contributed by atoms with Crippen molar-refractivity contribution in [3.05, 3.63) is 35.4 Å². The summed E-state index contributed by atoms with van der Waals surface area (Å²) in [6.07, 6.45) is -4.59. The number of nitrogens with one attached hydrogen (secondary N) is 1. The SMILES string of the molecule is CC(C)(C)OCC1OCC(Cc2ccc(C(F)(F)F)cc2)NC1=O. The third-order valence-corrected chi connectivity index (χ3v) is 3.57. The topological polar surface area (TPSA) is 47.6 Å². The van der Waals surface area contributed by atoms with Gasteiger partial charge in [-0.05, 0) is 44.9 Å². The first-order chi connectivity index (χ1) is 11.0. The van der Waals surface area contributed by atoms with Crippen LogP contribution in [-0.2, 0) is 26.9 Å². The third-order valence-electron chi connectivity index (χ3n) is 3.57. The highest BCUT2D eigenvalue weighted by Crippen LogP contribution is 2.29. The summed E-state index contributed by atoms with van der Waals surface area (Å²) in [6.45, 7) is 6.14. The van der Waals surface area contributed by atoms with Crippen LogP contribution in [0.15, 0.2) is 24.3 Å². The van der Waals surface area contributed by atoms with Crippen LogP contribution in [0.4, 0.5) is 13.2 Å². The van der Waals surface area contributed by atoms with E-state index in [-0.39, 0.29) is 24.2 Å². The fourth-order valence-electron chi connectivity index (χ4n) is 2.32. The molecule has 2 atom stereocenters. The van der Waals surface area contributed by atoms with Crippen LogP contribution < -0.4 is 5.32 Å². The van der Waals surface area contributed by atoms with Crippen LogP contribution in [0.25, 0.3) is 0 Å². The van der Waals surface area contributed by atoms with E-state index >= 15 is 0 Å². The van der Waals surface area contributed by atoms with Crippen molar-refractivity contribution in [1.82, 2.24) is 5.32 Å². The van der Waals surface area contributed by atoms with Gasteiger partial charge in [-0.3, -0.25) is 4.79 Å². The van der Waals surface area contributed by atoms with Crippen molar-refractivity contribution in [2.45, 2.75) is 51.1 Å². The highest BCUT2D eigenvalue weighted by Gasteiger charge is 2.31. The van der Waals surface area contributed by atoms with E-state index in [1.165, 1.54) is 12.1 Å². The van der Waals surface area contributed by atoms with Gasteiger partial charge in [-0.15, -0.1) is 0 Å². The molecule has 1 aromatic rings. The molecule has 4 nitrogen and oxygen atoms in total. The average molecular weight is 345 g/mol. The first kappa shape index (κ1) is 18.7. The lowest BCUT2D eigenvalue weighted by Crippen LogP contribution is -2.53. The standard InChI is InChI=1S/C17H22F3NO3/c1-16(2,3)24-10-14-15(22)21-13(9-23-14)8-11-4-6-12(7-5-11)17(18,19)20/h4-7,13-14H,8-10H2,1-3H3,(H,21,22). The molecule has 1 saturated heterocycles. The minimum atomic E-state index is -4.35. The number of morpholine rings is 1. The van der Waals surface area contributed by atoms with E-state index in [9.17, 15) is 18.0 Å².